The van der Waals surface area contributed by atoms with Crippen LogP contribution in [-0.2, 0) is 16.6 Å². The van der Waals surface area contributed by atoms with Crippen LogP contribution in [0.1, 0.15) is 18.7 Å². The van der Waals surface area contributed by atoms with E-state index in [1.54, 1.807) is 6.07 Å². The summed E-state index contributed by atoms with van der Waals surface area (Å²) >= 11 is 1.46. The Balaban J connectivity index is 2.77. The maximum atomic E-state index is 12.4. The molecule has 0 aromatic carbocycles. The highest BCUT2D eigenvalue weighted by atomic mass is 32.2. The zero-order valence-electron chi connectivity index (χ0n) is 12.9. The molecule has 20 heavy (non-hydrogen) atoms. The first-order valence-electron chi connectivity index (χ1n) is 6.53. The summed E-state index contributed by atoms with van der Waals surface area (Å²) in [5.74, 6) is 0. The van der Waals surface area contributed by atoms with Gasteiger partial charge in [-0.1, -0.05) is 13.8 Å². The van der Waals surface area contributed by atoms with E-state index in [4.69, 9.17) is 0 Å². The number of sulfonamides is 1. The van der Waals surface area contributed by atoms with Crippen molar-refractivity contribution in [2.24, 2.45) is 5.41 Å². The molecule has 0 atom stereocenters. The Kier molecular flexibility index (Phi) is 6.15. The van der Waals surface area contributed by atoms with Gasteiger partial charge in [0.05, 0.1) is 4.90 Å². The molecule has 0 unspecified atom stereocenters. The van der Waals surface area contributed by atoms with Gasteiger partial charge < -0.3 is 10.2 Å². The van der Waals surface area contributed by atoms with Gasteiger partial charge in [0.15, 0.2) is 0 Å². The van der Waals surface area contributed by atoms with E-state index in [1.165, 1.54) is 11.3 Å². The van der Waals surface area contributed by atoms with Gasteiger partial charge in [0.2, 0.25) is 10.0 Å². The Morgan fingerprint density at radius 3 is 2.55 bits per heavy atom. The molecule has 0 radical (unpaired) electrons. The molecule has 0 aliphatic heterocycles. The maximum absolute atomic E-state index is 12.4. The van der Waals surface area contributed by atoms with Crippen molar-refractivity contribution >= 4 is 21.4 Å². The van der Waals surface area contributed by atoms with Crippen molar-refractivity contribution in [2.75, 3.05) is 34.2 Å². The lowest BCUT2D eigenvalue weighted by atomic mass is 9.93. The standard InChI is InChI=1S/C13H25N3O2S2/c1-13(2,10-16(4)5)9-15-20(17,18)12-6-7-19-11(12)8-14-3/h6-7,14-15H,8-10H2,1-5H3. The molecular weight excluding hydrogens is 294 g/mol. The fourth-order valence-corrected chi connectivity index (χ4v) is 4.83. The maximum Gasteiger partial charge on any atom is 0.241 e. The van der Waals surface area contributed by atoms with E-state index < -0.39 is 10.0 Å². The highest BCUT2D eigenvalue weighted by Gasteiger charge is 2.25. The first-order valence-corrected chi connectivity index (χ1v) is 8.89. The molecule has 0 aliphatic carbocycles. The van der Waals surface area contributed by atoms with Crippen molar-refractivity contribution in [3.05, 3.63) is 16.3 Å². The summed E-state index contributed by atoms with van der Waals surface area (Å²) in [5.41, 5.74) is -0.115. The van der Waals surface area contributed by atoms with Gasteiger partial charge in [-0.25, -0.2) is 13.1 Å². The van der Waals surface area contributed by atoms with E-state index in [2.05, 4.69) is 28.8 Å². The van der Waals surface area contributed by atoms with E-state index in [0.29, 0.717) is 18.0 Å². The van der Waals surface area contributed by atoms with Crippen molar-refractivity contribution in [1.29, 1.82) is 0 Å². The average Bonchev–Trinajstić information content (AvgIpc) is 2.75. The van der Waals surface area contributed by atoms with Gasteiger partial charge >= 0.3 is 0 Å². The number of rotatable bonds is 8. The van der Waals surface area contributed by atoms with Crippen LogP contribution in [0.4, 0.5) is 0 Å². The van der Waals surface area contributed by atoms with Crippen LogP contribution in [0.15, 0.2) is 16.3 Å². The van der Waals surface area contributed by atoms with Crippen LogP contribution in [-0.4, -0.2) is 47.6 Å². The summed E-state index contributed by atoms with van der Waals surface area (Å²) in [6, 6.07) is 1.67. The lowest BCUT2D eigenvalue weighted by Crippen LogP contribution is -2.40. The topological polar surface area (TPSA) is 61.4 Å². The molecule has 0 fully saturated rings. The highest BCUT2D eigenvalue weighted by molar-refractivity contribution is 7.89. The number of nitrogens with one attached hydrogen (secondary N) is 2. The number of thiophene rings is 1. The Morgan fingerprint density at radius 2 is 2.00 bits per heavy atom. The molecule has 0 aliphatic rings. The Bertz CT molecular complexity index is 521. The molecular formula is C13H25N3O2S2. The van der Waals surface area contributed by atoms with Gasteiger partial charge in [-0.3, -0.25) is 0 Å². The zero-order valence-corrected chi connectivity index (χ0v) is 14.5. The minimum Gasteiger partial charge on any atom is -0.315 e. The van der Waals surface area contributed by atoms with E-state index in [1.807, 2.05) is 26.5 Å². The van der Waals surface area contributed by atoms with E-state index >= 15 is 0 Å². The summed E-state index contributed by atoms with van der Waals surface area (Å²) in [4.78, 5) is 3.29. The Hall–Kier alpha value is -0.470. The molecule has 0 saturated carbocycles. The van der Waals surface area contributed by atoms with E-state index in [0.717, 1.165) is 11.4 Å². The molecule has 116 valence electrons. The minimum absolute atomic E-state index is 0.115. The van der Waals surface area contributed by atoms with Crippen LogP contribution in [0.5, 0.6) is 0 Å². The van der Waals surface area contributed by atoms with Gasteiger partial charge in [0.1, 0.15) is 0 Å². The van der Waals surface area contributed by atoms with Crippen LogP contribution >= 0.6 is 11.3 Å². The summed E-state index contributed by atoms with van der Waals surface area (Å²) in [5, 5.41) is 4.80. The van der Waals surface area contributed by atoms with Crippen LogP contribution in [0.2, 0.25) is 0 Å². The summed E-state index contributed by atoms with van der Waals surface area (Å²) in [7, 11) is 2.34. The molecule has 5 nitrogen and oxygen atoms in total. The van der Waals surface area contributed by atoms with Crippen molar-refractivity contribution < 1.29 is 8.42 Å². The third-order valence-corrected chi connectivity index (χ3v) is 5.35. The normalized spacial score (nSPS) is 13.1. The first kappa shape index (κ1) is 17.6. The van der Waals surface area contributed by atoms with Crippen molar-refractivity contribution in [2.45, 2.75) is 25.3 Å². The summed E-state index contributed by atoms with van der Waals surface area (Å²) in [6.07, 6.45) is 0. The zero-order chi connectivity index (χ0) is 15.4. The second-order valence-electron chi connectivity index (χ2n) is 5.96. The number of hydrogen-bond acceptors (Lipinski definition) is 5. The summed E-state index contributed by atoms with van der Waals surface area (Å²) in [6.45, 7) is 5.91. The van der Waals surface area contributed by atoms with Crippen LogP contribution in [0.3, 0.4) is 0 Å². The van der Waals surface area contributed by atoms with Gasteiger partial charge in [-0.2, -0.15) is 0 Å². The molecule has 1 heterocycles. The molecule has 1 rings (SSSR count). The second kappa shape index (κ2) is 7.00. The summed E-state index contributed by atoms with van der Waals surface area (Å²) < 4.78 is 27.5. The molecule has 7 heteroatoms. The molecule has 0 saturated heterocycles. The SMILES string of the molecule is CNCc1sccc1S(=O)(=O)NCC(C)(C)CN(C)C. The highest BCUT2D eigenvalue weighted by Crippen LogP contribution is 2.23. The number of nitrogens with zero attached hydrogens (tertiary/aromatic N) is 1. The molecule has 0 spiro atoms. The Labute approximate surface area is 126 Å². The lowest BCUT2D eigenvalue weighted by molar-refractivity contribution is 0.242. The van der Waals surface area contributed by atoms with Crippen molar-refractivity contribution in [3.8, 4) is 0 Å². The fourth-order valence-electron chi connectivity index (χ4n) is 2.14. The number of hydrogen-bond donors (Lipinski definition) is 2. The van der Waals surface area contributed by atoms with Gasteiger partial charge in [0, 0.05) is 24.5 Å². The minimum atomic E-state index is -3.44. The Morgan fingerprint density at radius 1 is 1.35 bits per heavy atom. The average molecular weight is 319 g/mol. The predicted octanol–water partition coefficient (Wildman–Crippen LogP) is 1.33. The molecule has 1 aromatic heterocycles. The third kappa shape index (κ3) is 5.14. The van der Waals surface area contributed by atoms with Gasteiger partial charge in [0.25, 0.3) is 0 Å². The van der Waals surface area contributed by atoms with Crippen molar-refractivity contribution in [3.63, 3.8) is 0 Å². The smallest absolute Gasteiger partial charge is 0.241 e. The second-order valence-corrected chi connectivity index (χ2v) is 8.70. The molecule has 2 N–H and O–H groups in total. The lowest BCUT2D eigenvalue weighted by Gasteiger charge is -2.28. The molecule has 0 bridgehead atoms. The van der Waals surface area contributed by atoms with E-state index in [-0.39, 0.29) is 5.41 Å². The largest absolute Gasteiger partial charge is 0.315 e. The van der Waals surface area contributed by atoms with Gasteiger partial charge in [-0.05, 0) is 38.0 Å². The third-order valence-electron chi connectivity index (χ3n) is 2.82. The van der Waals surface area contributed by atoms with E-state index in [9.17, 15) is 8.42 Å². The monoisotopic (exact) mass is 319 g/mol. The molecule has 0 amide bonds. The first-order chi connectivity index (χ1) is 9.18. The van der Waals surface area contributed by atoms with Crippen LogP contribution < -0.4 is 10.0 Å². The fraction of sp³-hybridized carbons (Fsp3) is 0.692. The van der Waals surface area contributed by atoms with Crippen LogP contribution in [0, 0.1) is 5.41 Å². The van der Waals surface area contributed by atoms with Crippen LogP contribution in [0.25, 0.3) is 0 Å². The van der Waals surface area contributed by atoms with Gasteiger partial charge in [-0.15, -0.1) is 11.3 Å². The molecule has 1 aromatic rings. The predicted molar refractivity (Wildman–Crippen MR) is 84.6 cm³/mol. The quantitative estimate of drug-likeness (QED) is 0.759. The van der Waals surface area contributed by atoms with Crippen molar-refractivity contribution in [1.82, 2.24) is 14.9 Å².